The first-order valence-electron chi connectivity index (χ1n) is 9.55. The van der Waals surface area contributed by atoms with Gasteiger partial charge >= 0.3 is 0 Å². The number of amides is 1. The van der Waals surface area contributed by atoms with E-state index in [1.54, 1.807) is 18.3 Å². The standard InChI is InChI=1S/C21H27N3O2S/c1-16(21(26)22-10-9-20-4-3-15-27-20)23-11-13-24(14-12-23)19-7-5-18(6-8-19)17(2)25/h3-8,15-16H,9-14H2,1-2H3,(H,22,26)/p+1/t16-/m1/s1. The van der Waals surface area contributed by atoms with Gasteiger partial charge in [-0.15, -0.1) is 11.3 Å². The first-order chi connectivity index (χ1) is 13.0. The zero-order chi connectivity index (χ0) is 19.2. The van der Waals surface area contributed by atoms with E-state index in [4.69, 9.17) is 0 Å². The van der Waals surface area contributed by atoms with Crippen molar-refractivity contribution in [3.63, 3.8) is 0 Å². The average molecular weight is 387 g/mol. The fourth-order valence-electron chi connectivity index (χ4n) is 3.49. The van der Waals surface area contributed by atoms with Crippen LogP contribution in [0.25, 0.3) is 0 Å². The van der Waals surface area contributed by atoms with Gasteiger partial charge in [0.05, 0.1) is 26.2 Å². The average Bonchev–Trinajstić information content (AvgIpc) is 3.21. The van der Waals surface area contributed by atoms with E-state index in [-0.39, 0.29) is 17.7 Å². The third-order valence-electron chi connectivity index (χ3n) is 5.30. The monoisotopic (exact) mass is 386 g/mol. The number of carbonyl (C=O) groups excluding carboxylic acids is 2. The topological polar surface area (TPSA) is 53.9 Å². The zero-order valence-electron chi connectivity index (χ0n) is 16.0. The number of quaternary nitrogens is 1. The Balaban J connectivity index is 1.44. The molecule has 1 fully saturated rings. The second-order valence-electron chi connectivity index (χ2n) is 7.09. The van der Waals surface area contributed by atoms with Crippen molar-refractivity contribution in [1.29, 1.82) is 0 Å². The molecule has 1 aromatic heterocycles. The molecule has 144 valence electrons. The number of anilines is 1. The van der Waals surface area contributed by atoms with E-state index < -0.39 is 0 Å². The van der Waals surface area contributed by atoms with E-state index in [1.807, 2.05) is 37.3 Å². The van der Waals surface area contributed by atoms with Gasteiger partial charge in [-0.2, -0.15) is 0 Å². The highest BCUT2D eigenvalue weighted by atomic mass is 32.1. The quantitative estimate of drug-likeness (QED) is 0.708. The van der Waals surface area contributed by atoms with Crippen molar-refractivity contribution in [2.24, 2.45) is 0 Å². The van der Waals surface area contributed by atoms with E-state index in [9.17, 15) is 9.59 Å². The molecule has 2 aromatic rings. The van der Waals surface area contributed by atoms with Crippen LogP contribution >= 0.6 is 11.3 Å². The number of thiophene rings is 1. The van der Waals surface area contributed by atoms with E-state index in [1.165, 1.54) is 9.78 Å². The number of hydrogen-bond acceptors (Lipinski definition) is 4. The van der Waals surface area contributed by atoms with Crippen LogP contribution in [0.15, 0.2) is 41.8 Å². The van der Waals surface area contributed by atoms with E-state index >= 15 is 0 Å². The van der Waals surface area contributed by atoms with Gasteiger partial charge in [0.25, 0.3) is 5.91 Å². The summed E-state index contributed by atoms with van der Waals surface area (Å²) in [5, 5.41) is 5.15. The first kappa shape index (κ1) is 19.6. The molecule has 2 heterocycles. The number of nitrogens with zero attached hydrogens (tertiary/aromatic N) is 1. The SMILES string of the molecule is CC(=O)c1ccc(N2CC[NH+]([C@H](C)C(=O)NCCc3cccs3)CC2)cc1. The lowest BCUT2D eigenvalue weighted by atomic mass is 10.1. The molecule has 27 heavy (non-hydrogen) atoms. The molecule has 1 aliphatic rings. The van der Waals surface area contributed by atoms with Crippen molar-refractivity contribution < 1.29 is 14.5 Å². The number of Topliss-reactive ketones (excluding diaryl/α,β-unsaturated/α-hetero) is 1. The van der Waals surface area contributed by atoms with Crippen molar-refractivity contribution in [3.8, 4) is 0 Å². The fraction of sp³-hybridized carbons (Fsp3) is 0.429. The maximum absolute atomic E-state index is 12.4. The molecule has 1 aliphatic heterocycles. The summed E-state index contributed by atoms with van der Waals surface area (Å²) in [6.45, 7) is 8.02. The predicted octanol–water partition coefficient (Wildman–Crippen LogP) is 1.40. The summed E-state index contributed by atoms with van der Waals surface area (Å²) >= 11 is 1.73. The van der Waals surface area contributed by atoms with E-state index in [0.29, 0.717) is 6.54 Å². The minimum Gasteiger partial charge on any atom is -0.360 e. The number of carbonyl (C=O) groups is 2. The Morgan fingerprint density at radius 3 is 2.48 bits per heavy atom. The highest BCUT2D eigenvalue weighted by molar-refractivity contribution is 7.09. The molecule has 0 radical (unpaired) electrons. The summed E-state index contributed by atoms with van der Waals surface area (Å²) in [5.74, 6) is 0.232. The van der Waals surface area contributed by atoms with Gasteiger partial charge in [-0.3, -0.25) is 9.59 Å². The molecule has 1 atom stereocenters. The van der Waals surface area contributed by atoms with Gasteiger partial charge in [-0.1, -0.05) is 6.07 Å². The second-order valence-corrected chi connectivity index (χ2v) is 8.12. The van der Waals surface area contributed by atoms with Gasteiger partial charge in [0, 0.05) is 22.7 Å². The molecule has 5 nitrogen and oxygen atoms in total. The van der Waals surface area contributed by atoms with Gasteiger partial charge in [0.1, 0.15) is 0 Å². The molecule has 0 aliphatic carbocycles. The molecule has 0 bridgehead atoms. The third-order valence-corrected chi connectivity index (χ3v) is 6.24. The number of rotatable bonds is 7. The molecular weight excluding hydrogens is 358 g/mol. The minimum atomic E-state index is -0.0319. The zero-order valence-corrected chi connectivity index (χ0v) is 16.8. The lowest BCUT2D eigenvalue weighted by Gasteiger charge is -2.36. The molecular formula is C21H28N3O2S+. The van der Waals surface area contributed by atoms with E-state index in [0.717, 1.165) is 43.9 Å². The third kappa shape index (κ3) is 5.17. The number of piperazine rings is 1. The Morgan fingerprint density at radius 2 is 1.89 bits per heavy atom. The van der Waals surface area contributed by atoms with Crippen molar-refractivity contribution in [2.45, 2.75) is 26.3 Å². The first-order valence-corrected chi connectivity index (χ1v) is 10.4. The van der Waals surface area contributed by atoms with Crippen LogP contribution in [0.2, 0.25) is 0 Å². The van der Waals surface area contributed by atoms with Crippen LogP contribution in [0.4, 0.5) is 5.69 Å². The summed E-state index contributed by atoms with van der Waals surface area (Å²) in [6.07, 6.45) is 0.898. The summed E-state index contributed by atoms with van der Waals surface area (Å²) in [7, 11) is 0. The second kappa shape index (κ2) is 9.15. The molecule has 0 saturated carbocycles. The maximum Gasteiger partial charge on any atom is 0.278 e. The number of ketones is 1. The fourth-order valence-corrected chi connectivity index (χ4v) is 4.20. The highest BCUT2D eigenvalue weighted by Crippen LogP contribution is 2.15. The van der Waals surface area contributed by atoms with Gasteiger partial charge in [0.15, 0.2) is 11.8 Å². The Bertz CT molecular complexity index is 750. The Hall–Kier alpha value is -2.18. The molecule has 0 unspecified atom stereocenters. The van der Waals surface area contributed by atoms with Crippen LogP contribution in [-0.4, -0.2) is 50.5 Å². The van der Waals surface area contributed by atoms with Gasteiger partial charge < -0.3 is 15.1 Å². The Kier molecular flexibility index (Phi) is 6.63. The lowest BCUT2D eigenvalue weighted by molar-refractivity contribution is -0.914. The summed E-state index contributed by atoms with van der Waals surface area (Å²) < 4.78 is 0. The van der Waals surface area contributed by atoms with Gasteiger partial charge in [-0.25, -0.2) is 0 Å². The van der Waals surface area contributed by atoms with Crippen molar-refractivity contribution in [2.75, 3.05) is 37.6 Å². The van der Waals surface area contributed by atoms with Gasteiger partial charge in [0.2, 0.25) is 0 Å². The van der Waals surface area contributed by atoms with Crippen molar-refractivity contribution in [3.05, 3.63) is 52.2 Å². The predicted molar refractivity (Wildman–Crippen MR) is 110 cm³/mol. The summed E-state index contributed by atoms with van der Waals surface area (Å²) in [4.78, 5) is 28.8. The normalized spacial score (nSPS) is 16.1. The van der Waals surface area contributed by atoms with Crippen LogP contribution in [-0.2, 0) is 11.2 Å². The molecule has 1 amide bonds. The van der Waals surface area contributed by atoms with Crippen LogP contribution < -0.4 is 15.1 Å². The molecule has 3 rings (SSSR count). The summed E-state index contributed by atoms with van der Waals surface area (Å²) in [6, 6.07) is 11.9. The molecule has 2 N–H and O–H groups in total. The van der Waals surface area contributed by atoms with Gasteiger partial charge in [-0.05, 0) is 56.0 Å². The lowest BCUT2D eigenvalue weighted by Crippen LogP contribution is -3.19. The highest BCUT2D eigenvalue weighted by Gasteiger charge is 2.29. The Labute approximate surface area is 165 Å². The Morgan fingerprint density at radius 1 is 1.19 bits per heavy atom. The van der Waals surface area contributed by atoms with E-state index in [2.05, 4.69) is 21.7 Å². The van der Waals surface area contributed by atoms with Crippen LogP contribution in [0.1, 0.15) is 29.1 Å². The summed E-state index contributed by atoms with van der Waals surface area (Å²) in [5.41, 5.74) is 1.89. The van der Waals surface area contributed by atoms with Crippen LogP contribution in [0.3, 0.4) is 0 Å². The minimum absolute atomic E-state index is 0.0319. The molecule has 6 heteroatoms. The van der Waals surface area contributed by atoms with Crippen LogP contribution in [0, 0.1) is 0 Å². The largest absolute Gasteiger partial charge is 0.360 e. The smallest absolute Gasteiger partial charge is 0.278 e. The molecule has 0 spiro atoms. The van der Waals surface area contributed by atoms with Crippen molar-refractivity contribution >= 4 is 28.7 Å². The number of nitrogens with one attached hydrogen (secondary N) is 2. The number of hydrogen-bond donors (Lipinski definition) is 2. The maximum atomic E-state index is 12.4. The number of benzene rings is 1. The van der Waals surface area contributed by atoms with Crippen LogP contribution in [0.5, 0.6) is 0 Å². The van der Waals surface area contributed by atoms with Crippen molar-refractivity contribution in [1.82, 2.24) is 5.32 Å². The molecule has 1 aromatic carbocycles. The molecule has 1 saturated heterocycles.